The number of nitrogens with zero attached hydrogens (tertiary/aromatic N) is 3. The second kappa shape index (κ2) is 13.8. The first kappa shape index (κ1) is 34.1. The van der Waals surface area contributed by atoms with Crippen molar-refractivity contribution in [2.45, 2.75) is 11.8 Å². The standard InChI is InChI=1S/C53H36N4S/c1-34(35-16-4-2-5-17-35)52-51(43-24-10-13-29-49(43)58-52)55-53(54)37-19-14-18-36(32-37)40-25-15-28-48-50(40)44-33-39(30-31-47(44)56(48)38-20-6-3-7-21-38)57-45-26-11-8-22-41(45)42-23-9-12-27-46(42)57/h2-33,54H,1H3/b52-34-,54-53?,55-51-. The second-order valence-corrected chi connectivity index (χ2v) is 15.8. The number of amidine groups is 1. The van der Waals surface area contributed by atoms with E-state index in [4.69, 9.17) is 4.99 Å². The number of allylic oxidation sites excluding steroid dienone is 2. The highest BCUT2D eigenvalue weighted by Gasteiger charge is 2.27. The van der Waals surface area contributed by atoms with Crippen LogP contribution in [0.2, 0.25) is 0 Å². The van der Waals surface area contributed by atoms with Crippen LogP contribution in [0, 0.1) is 5.41 Å². The number of rotatable bonds is 5. The van der Waals surface area contributed by atoms with Gasteiger partial charge in [-0.25, -0.2) is 4.99 Å². The van der Waals surface area contributed by atoms with Crippen LogP contribution in [0.15, 0.2) is 209 Å². The smallest absolute Gasteiger partial charge is 0.152 e. The van der Waals surface area contributed by atoms with E-state index in [0.29, 0.717) is 0 Å². The average molecular weight is 761 g/mol. The predicted molar refractivity (Wildman–Crippen MR) is 245 cm³/mol. The first-order chi connectivity index (χ1) is 28.6. The lowest BCUT2D eigenvalue weighted by Gasteiger charge is -2.10. The van der Waals surface area contributed by atoms with E-state index in [-0.39, 0.29) is 5.84 Å². The van der Waals surface area contributed by atoms with Crippen LogP contribution >= 0.6 is 11.8 Å². The van der Waals surface area contributed by atoms with Crippen LogP contribution in [0.3, 0.4) is 0 Å². The highest BCUT2D eigenvalue weighted by Crippen LogP contribution is 2.45. The molecule has 1 N–H and O–H groups in total. The van der Waals surface area contributed by atoms with Gasteiger partial charge in [-0.3, -0.25) is 5.41 Å². The van der Waals surface area contributed by atoms with E-state index in [1.807, 2.05) is 12.1 Å². The summed E-state index contributed by atoms with van der Waals surface area (Å²) in [6.45, 7) is 2.16. The van der Waals surface area contributed by atoms with Gasteiger partial charge in [0, 0.05) is 53.8 Å². The van der Waals surface area contributed by atoms with Crippen LogP contribution in [0.25, 0.3) is 71.7 Å². The molecule has 0 saturated heterocycles. The first-order valence-electron chi connectivity index (χ1n) is 19.6. The summed E-state index contributed by atoms with van der Waals surface area (Å²) in [5.74, 6) is 0.236. The number of nitrogens with one attached hydrogen (secondary N) is 1. The van der Waals surface area contributed by atoms with E-state index < -0.39 is 0 Å². The van der Waals surface area contributed by atoms with E-state index in [0.717, 1.165) is 71.3 Å². The molecule has 0 saturated carbocycles. The molecule has 0 amide bonds. The van der Waals surface area contributed by atoms with Crippen molar-refractivity contribution in [3.63, 3.8) is 0 Å². The number of para-hydroxylation sites is 3. The van der Waals surface area contributed by atoms with Crippen molar-refractivity contribution in [2.75, 3.05) is 0 Å². The molecule has 5 heteroatoms. The zero-order chi connectivity index (χ0) is 38.7. The zero-order valence-electron chi connectivity index (χ0n) is 31.7. The summed E-state index contributed by atoms with van der Waals surface area (Å²) in [6.07, 6.45) is 0. The molecule has 274 valence electrons. The fourth-order valence-electron chi connectivity index (χ4n) is 8.72. The number of thioether (sulfide) groups is 1. The molecule has 10 aromatic rings. The van der Waals surface area contributed by atoms with Crippen molar-refractivity contribution < 1.29 is 0 Å². The largest absolute Gasteiger partial charge is 0.309 e. The minimum absolute atomic E-state index is 0.236. The summed E-state index contributed by atoms with van der Waals surface area (Å²) in [5, 5.41) is 14.3. The van der Waals surface area contributed by atoms with E-state index in [9.17, 15) is 5.41 Å². The number of fused-ring (bicyclic) bond motifs is 7. The minimum Gasteiger partial charge on any atom is -0.309 e. The molecule has 11 rings (SSSR count). The lowest BCUT2D eigenvalue weighted by Crippen LogP contribution is -2.05. The van der Waals surface area contributed by atoms with Crippen molar-refractivity contribution >= 4 is 72.5 Å². The molecule has 2 aromatic heterocycles. The number of aromatic nitrogens is 2. The molecule has 58 heavy (non-hydrogen) atoms. The van der Waals surface area contributed by atoms with E-state index in [1.165, 1.54) is 32.6 Å². The molecule has 0 fully saturated rings. The molecule has 0 unspecified atom stereocenters. The average Bonchev–Trinajstić information content (AvgIpc) is 3.94. The Balaban J connectivity index is 1.09. The van der Waals surface area contributed by atoms with E-state index in [1.54, 1.807) is 11.8 Å². The Morgan fingerprint density at radius 2 is 1.07 bits per heavy atom. The summed E-state index contributed by atoms with van der Waals surface area (Å²) in [7, 11) is 0. The summed E-state index contributed by atoms with van der Waals surface area (Å²) >= 11 is 1.74. The maximum absolute atomic E-state index is 9.46. The molecule has 0 aliphatic carbocycles. The van der Waals surface area contributed by atoms with Gasteiger partial charge in [0.25, 0.3) is 0 Å². The van der Waals surface area contributed by atoms with Gasteiger partial charge in [0.15, 0.2) is 5.84 Å². The number of hydrogen-bond acceptors (Lipinski definition) is 2. The predicted octanol–water partition coefficient (Wildman–Crippen LogP) is 13.9. The third kappa shape index (κ3) is 5.47. The minimum atomic E-state index is 0.236. The maximum Gasteiger partial charge on any atom is 0.152 e. The monoisotopic (exact) mass is 760 g/mol. The molecule has 3 heterocycles. The van der Waals surface area contributed by atoms with Crippen molar-refractivity contribution in [1.29, 1.82) is 5.41 Å². The van der Waals surface area contributed by atoms with Gasteiger partial charge in [-0.2, -0.15) is 0 Å². The van der Waals surface area contributed by atoms with Crippen LogP contribution in [0.1, 0.15) is 23.6 Å². The molecule has 0 bridgehead atoms. The van der Waals surface area contributed by atoms with Gasteiger partial charge in [0.2, 0.25) is 0 Å². The molecule has 8 aromatic carbocycles. The van der Waals surface area contributed by atoms with Gasteiger partial charge in [-0.1, -0.05) is 145 Å². The van der Waals surface area contributed by atoms with Gasteiger partial charge in [-0.15, -0.1) is 0 Å². The zero-order valence-corrected chi connectivity index (χ0v) is 32.5. The molecule has 4 nitrogen and oxygen atoms in total. The number of aliphatic imine (C=N–C) groups is 1. The van der Waals surface area contributed by atoms with Crippen LogP contribution in [-0.4, -0.2) is 20.7 Å². The normalized spacial score (nSPS) is 14.2. The Hall–Kier alpha value is -7.21. The highest BCUT2D eigenvalue weighted by atomic mass is 32.2. The Kier molecular flexibility index (Phi) is 8.09. The summed E-state index contributed by atoms with van der Waals surface area (Å²) < 4.78 is 4.76. The van der Waals surface area contributed by atoms with Gasteiger partial charge in [0.1, 0.15) is 0 Å². The molecule has 0 spiro atoms. The summed E-state index contributed by atoms with van der Waals surface area (Å²) in [5.41, 5.74) is 14.0. The molecule has 0 radical (unpaired) electrons. The van der Waals surface area contributed by atoms with Crippen LogP contribution < -0.4 is 0 Å². The van der Waals surface area contributed by atoms with E-state index in [2.05, 4.69) is 198 Å². The van der Waals surface area contributed by atoms with Crippen molar-refractivity contribution in [3.05, 3.63) is 216 Å². The Morgan fingerprint density at radius 1 is 0.483 bits per heavy atom. The lowest BCUT2D eigenvalue weighted by molar-refractivity contribution is 1.17. The van der Waals surface area contributed by atoms with E-state index >= 15 is 0 Å². The van der Waals surface area contributed by atoms with Crippen LogP contribution in [0.5, 0.6) is 0 Å². The Bertz CT molecular complexity index is 3280. The lowest BCUT2D eigenvalue weighted by atomic mass is 9.97. The van der Waals surface area contributed by atoms with Gasteiger partial charge in [-0.05, 0) is 89.9 Å². The second-order valence-electron chi connectivity index (χ2n) is 14.8. The maximum atomic E-state index is 9.46. The third-order valence-corrected chi connectivity index (χ3v) is 12.7. The van der Waals surface area contributed by atoms with Crippen LogP contribution in [-0.2, 0) is 0 Å². The number of hydrogen-bond donors (Lipinski definition) is 1. The number of benzene rings is 8. The quantitative estimate of drug-likeness (QED) is 0.138. The highest BCUT2D eigenvalue weighted by molar-refractivity contribution is 8.05. The Morgan fingerprint density at radius 3 is 1.84 bits per heavy atom. The molecule has 1 aliphatic rings. The van der Waals surface area contributed by atoms with Gasteiger partial charge >= 0.3 is 0 Å². The van der Waals surface area contributed by atoms with Gasteiger partial charge in [0.05, 0.1) is 27.8 Å². The van der Waals surface area contributed by atoms with Crippen LogP contribution in [0.4, 0.5) is 0 Å². The molecule has 1 aliphatic heterocycles. The fraction of sp³-hybridized carbons (Fsp3) is 0.0189. The molecule has 0 atom stereocenters. The summed E-state index contributed by atoms with van der Waals surface area (Å²) in [4.78, 5) is 7.36. The topological polar surface area (TPSA) is 46.1 Å². The first-order valence-corrected chi connectivity index (χ1v) is 20.4. The van der Waals surface area contributed by atoms with Crippen molar-refractivity contribution in [3.8, 4) is 22.5 Å². The molecular weight excluding hydrogens is 725 g/mol. The van der Waals surface area contributed by atoms with Gasteiger partial charge < -0.3 is 9.13 Å². The fourth-order valence-corrected chi connectivity index (χ4v) is 9.89. The SMILES string of the molecule is C/C(=C1/Sc2ccccc2/C1=N/C(=N)c1cccc(-c2cccc3c2c2cc(-n4c5ccccc5c5ccccc54)ccc2n3-c2ccccc2)c1)c1ccccc1. The molecular formula is C53H36N4S. The van der Waals surface area contributed by atoms with Crippen molar-refractivity contribution in [1.82, 2.24) is 9.13 Å². The summed E-state index contributed by atoms with van der Waals surface area (Å²) in [6, 6.07) is 68.6. The Labute approximate surface area is 340 Å². The van der Waals surface area contributed by atoms with Crippen molar-refractivity contribution in [2.24, 2.45) is 4.99 Å². The third-order valence-electron chi connectivity index (χ3n) is 11.4.